The summed E-state index contributed by atoms with van der Waals surface area (Å²) in [6.07, 6.45) is 6.69. The fraction of sp³-hybridized carbons (Fsp3) is 0.400. The number of nitrogens with one attached hydrogen (secondary N) is 1. The standard InChI is InChI=1S/C20H22N4O4/c1-27-17-8-16-18(9-15(17)23-19(26)14-6-7-21-11-22-14)28-20(24-16)13-4-2-12(10-25)3-5-13/h6-9,11-13,25H,2-5,10H2,1H3,(H,23,26)/t12-,13-. The van der Waals surface area contributed by atoms with E-state index in [9.17, 15) is 9.90 Å². The molecule has 0 atom stereocenters. The van der Waals surface area contributed by atoms with Crippen molar-refractivity contribution in [3.05, 3.63) is 42.3 Å². The molecule has 2 aromatic heterocycles. The van der Waals surface area contributed by atoms with Crippen molar-refractivity contribution >= 4 is 22.7 Å². The number of nitrogens with zero attached hydrogens (tertiary/aromatic N) is 3. The minimum atomic E-state index is -0.359. The monoisotopic (exact) mass is 382 g/mol. The second kappa shape index (κ2) is 7.93. The van der Waals surface area contributed by atoms with Crippen LogP contribution >= 0.6 is 0 Å². The van der Waals surface area contributed by atoms with Crippen LogP contribution in [0.25, 0.3) is 11.1 Å². The van der Waals surface area contributed by atoms with Crippen LogP contribution in [0.4, 0.5) is 5.69 Å². The third-order valence-corrected chi connectivity index (χ3v) is 5.24. The SMILES string of the molecule is COc1cc2nc([C@H]3CC[C@H](CO)CC3)oc2cc1NC(=O)c1ccncn1. The number of aliphatic hydroxyl groups is 1. The highest BCUT2D eigenvalue weighted by atomic mass is 16.5. The molecule has 1 saturated carbocycles. The molecule has 1 amide bonds. The van der Waals surface area contributed by atoms with Gasteiger partial charge in [0.25, 0.3) is 5.91 Å². The lowest BCUT2D eigenvalue weighted by atomic mass is 9.82. The van der Waals surface area contributed by atoms with Crippen molar-refractivity contribution in [2.45, 2.75) is 31.6 Å². The lowest BCUT2D eigenvalue weighted by molar-refractivity contribution is 0.102. The van der Waals surface area contributed by atoms with Crippen molar-refractivity contribution < 1.29 is 19.1 Å². The molecule has 1 aliphatic rings. The van der Waals surface area contributed by atoms with Gasteiger partial charge in [0.05, 0.1) is 12.8 Å². The Morgan fingerprint density at radius 2 is 2.14 bits per heavy atom. The minimum Gasteiger partial charge on any atom is -0.494 e. The normalized spacial score (nSPS) is 19.5. The fourth-order valence-corrected chi connectivity index (χ4v) is 3.62. The summed E-state index contributed by atoms with van der Waals surface area (Å²) in [5.41, 5.74) is 2.04. The van der Waals surface area contributed by atoms with Crippen LogP contribution < -0.4 is 10.1 Å². The van der Waals surface area contributed by atoms with Crippen LogP contribution in [0, 0.1) is 5.92 Å². The van der Waals surface area contributed by atoms with Gasteiger partial charge in [0.2, 0.25) is 0 Å². The summed E-state index contributed by atoms with van der Waals surface area (Å²) in [4.78, 5) is 24.8. The van der Waals surface area contributed by atoms with Crippen molar-refractivity contribution in [2.75, 3.05) is 19.0 Å². The molecule has 1 fully saturated rings. The molecule has 8 heteroatoms. The lowest BCUT2D eigenvalue weighted by Gasteiger charge is -2.24. The van der Waals surface area contributed by atoms with Crippen molar-refractivity contribution in [1.29, 1.82) is 0 Å². The van der Waals surface area contributed by atoms with Gasteiger partial charge in [-0.2, -0.15) is 0 Å². The van der Waals surface area contributed by atoms with Gasteiger partial charge in [0, 0.05) is 30.9 Å². The first-order valence-corrected chi connectivity index (χ1v) is 9.34. The highest BCUT2D eigenvalue weighted by Gasteiger charge is 2.26. The Morgan fingerprint density at radius 1 is 1.32 bits per heavy atom. The second-order valence-corrected chi connectivity index (χ2v) is 7.02. The lowest BCUT2D eigenvalue weighted by Crippen LogP contribution is -2.16. The van der Waals surface area contributed by atoms with E-state index in [0.29, 0.717) is 34.3 Å². The van der Waals surface area contributed by atoms with Gasteiger partial charge in [-0.3, -0.25) is 4.79 Å². The van der Waals surface area contributed by atoms with Crippen molar-refractivity contribution in [1.82, 2.24) is 15.0 Å². The first kappa shape index (κ1) is 18.4. The van der Waals surface area contributed by atoms with E-state index in [2.05, 4.69) is 20.3 Å². The zero-order valence-corrected chi connectivity index (χ0v) is 15.6. The summed E-state index contributed by atoms with van der Waals surface area (Å²) in [5, 5.41) is 12.1. The number of aromatic nitrogens is 3. The molecule has 0 aliphatic heterocycles. The van der Waals surface area contributed by atoms with Gasteiger partial charge in [0.15, 0.2) is 11.5 Å². The molecule has 0 radical (unpaired) electrons. The Kier molecular flexibility index (Phi) is 5.21. The zero-order chi connectivity index (χ0) is 19.5. The van der Waals surface area contributed by atoms with E-state index in [4.69, 9.17) is 9.15 Å². The van der Waals surface area contributed by atoms with Crippen LogP contribution in [-0.2, 0) is 0 Å². The number of ether oxygens (including phenoxy) is 1. The highest BCUT2D eigenvalue weighted by Crippen LogP contribution is 2.38. The zero-order valence-electron chi connectivity index (χ0n) is 15.6. The third-order valence-electron chi connectivity index (χ3n) is 5.24. The number of anilines is 1. The van der Waals surface area contributed by atoms with Crippen LogP contribution in [0.3, 0.4) is 0 Å². The quantitative estimate of drug-likeness (QED) is 0.697. The minimum absolute atomic E-state index is 0.243. The smallest absolute Gasteiger partial charge is 0.274 e. The Hall–Kier alpha value is -3.00. The summed E-state index contributed by atoms with van der Waals surface area (Å²) >= 11 is 0. The van der Waals surface area contributed by atoms with Gasteiger partial charge >= 0.3 is 0 Å². The predicted molar refractivity (Wildman–Crippen MR) is 102 cm³/mol. The van der Waals surface area contributed by atoms with Crippen LogP contribution in [0.2, 0.25) is 0 Å². The predicted octanol–water partition coefficient (Wildman–Crippen LogP) is 3.14. The fourth-order valence-electron chi connectivity index (χ4n) is 3.62. The van der Waals surface area contributed by atoms with E-state index < -0.39 is 0 Å². The van der Waals surface area contributed by atoms with E-state index in [1.54, 1.807) is 19.2 Å². The summed E-state index contributed by atoms with van der Waals surface area (Å²) < 4.78 is 11.4. The number of oxazole rings is 1. The molecular weight excluding hydrogens is 360 g/mol. The first-order valence-electron chi connectivity index (χ1n) is 9.34. The van der Waals surface area contributed by atoms with Crippen molar-refractivity contribution in [3.8, 4) is 5.75 Å². The van der Waals surface area contributed by atoms with Crippen LogP contribution in [0.5, 0.6) is 5.75 Å². The van der Waals surface area contributed by atoms with Crippen LogP contribution in [0.15, 0.2) is 35.1 Å². The van der Waals surface area contributed by atoms with E-state index >= 15 is 0 Å². The number of methoxy groups -OCH3 is 1. The largest absolute Gasteiger partial charge is 0.494 e. The van der Waals surface area contributed by atoms with Gasteiger partial charge in [-0.05, 0) is 37.7 Å². The molecule has 4 rings (SSSR count). The van der Waals surface area contributed by atoms with Crippen LogP contribution in [0.1, 0.15) is 48.0 Å². The number of benzene rings is 1. The topological polar surface area (TPSA) is 110 Å². The summed E-state index contributed by atoms with van der Waals surface area (Å²) in [6.45, 7) is 0.243. The Labute approximate surface area is 162 Å². The first-order chi connectivity index (χ1) is 13.7. The number of hydrogen-bond acceptors (Lipinski definition) is 7. The molecule has 3 aromatic rings. The highest BCUT2D eigenvalue weighted by molar-refractivity contribution is 6.04. The van der Waals surface area contributed by atoms with E-state index in [0.717, 1.165) is 25.7 Å². The molecule has 0 bridgehead atoms. The molecule has 0 spiro atoms. The van der Waals surface area contributed by atoms with E-state index in [1.807, 2.05) is 0 Å². The Bertz CT molecular complexity index is 965. The maximum absolute atomic E-state index is 12.4. The molecule has 1 aromatic carbocycles. The van der Waals surface area contributed by atoms with Gasteiger partial charge in [-0.15, -0.1) is 0 Å². The van der Waals surface area contributed by atoms with Crippen LogP contribution in [-0.4, -0.2) is 39.7 Å². The average molecular weight is 382 g/mol. The number of fused-ring (bicyclic) bond motifs is 1. The maximum atomic E-state index is 12.4. The number of amides is 1. The average Bonchev–Trinajstić information content (AvgIpc) is 3.16. The molecule has 28 heavy (non-hydrogen) atoms. The second-order valence-electron chi connectivity index (χ2n) is 7.02. The van der Waals surface area contributed by atoms with Crippen molar-refractivity contribution in [3.63, 3.8) is 0 Å². The molecule has 1 aliphatic carbocycles. The van der Waals surface area contributed by atoms with E-state index in [-0.39, 0.29) is 24.1 Å². The van der Waals surface area contributed by atoms with Gasteiger partial charge in [-0.1, -0.05) is 0 Å². The molecule has 2 N–H and O–H groups in total. The number of carbonyl (C=O) groups is 1. The molecule has 0 saturated heterocycles. The van der Waals surface area contributed by atoms with E-state index in [1.165, 1.54) is 18.6 Å². The summed E-state index contributed by atoms with van der Waals surface area (Å²) in [6, 6.07) is 5.02. The summed E-state index contributed by atoms with van der Waals surface area (Å²) in [5.74, 6) is 1.47. The molecule has 8 nitrogen and oxygen atoms in total. The number of hydrogen-bond donors (Lipinski definition) is 2. The molecule has 146 valence electrons. The van der Waals surface area contributed by atoms with Gasteiger partial charge in [-0.25, -0.2) is 15.0 Å². The maximum Gasteiger partial charge on any atom is 0.274 e. The third kappa shape index (κ3) is 3.68. The molecule has 0 unspecified atom stereocenters. The van der Waals surface area contributed by atoms with Crippen molar-refractivity contribution in [2.24, 2.45) is 5.92 Å². The molecule has 2 heterocycles. The number of aliphatic hydroxyl groups excluding tert-OH is 1. The molecular formula is C20H22N4O4. The summed E-state index contributed by atoms with van der Waals surface area (Å²) in [7, 11) is 1.54. The van der Waals surface area contributed by atoms with Gasteiger partial charge < -0.3 is 19.6 Å². The number of carbonyl (C=O) groups excluding carboxylic acids is 1. The Balaban J connectivity index is 1.59. The van der Waals surface area contributed by atoms with Gasteiger partial charge in [0.1, 0.15) is 23.3 Å². The number of rotatable bonds is 5. The Morgan fingerprint density at radius 3 is 2.82 bits per heavy atom.